The fourth-order valence-corrected chi connectivity index (χ4v) is 1.55. The molecule has 4 unspecified atom stereocenters. The Morgan fingerprint density at radius 1 is 1.54 bits per heavy atom. The van der Waals surface area contributed by atoms with Crippen LogP contribution < -0.4 is 0 Å². The molecule has 1 aliphatic rings. The third-order valence-corrected chi connectivity index (χ3v) is 2.35. The molecule has 78 valence electrons. The van der Waals surface area contributed by atoms with Gasteiger partial charge in [0, 0.05) is 7.11 Å². The van der Waals surface area contributed by atoms with Crippen molar-refractivity contribution in [2.24, 2.45) is 0 Å². The number of rotatable bonds is 3. The lowest BCUT2D eigenvalue weighted by atomic mass is 10.0. The van der Waals surface area contributed by atoms with Gasteiger partial charge in [-0.15, -0.1) is 0 Å². The van der Waals surface area contributed by atoms with Gasteiger partial charge in [-0.25, -0.2) is 0 Å². The second-order valence-corrected chi connectivity index (χ2v) is 3.25. The van der Waals surface area contributed by atoms with Crippen LogP contribution in [0.25, 0.3) is 0 Å². The van der Waals surface area contributed by atoms with Crippen molar-refractivity contribution in [3.8, 4) is 0 Å². The van der Waals surface area contributed by atoms with Crippen molar-refractivity contribution in [2.45, 2.75) is 37.4 Å². The Hall–Kier alpha value is -0.200. The van der Waals surface area contributed by atoms with Crippen molar-refractivity contribution in [1.29, 1.82) is 0 Å². The Bertz CT molecular complexity index is 163. The van der Waals surface area contributed by atoms with Crippen molar-refractivity contribution in [3.63, 3.8) is 0 Å². The van der Waals surface area contributed by atoms with Crippen molar-refractivity contribution in [2.75, 3.05) is 13.7 Å². The van der Waals surface area contributed by atoms with Crippen LogP contribution in [-0.2, 0) is 9.47 Å². The minimum atomic E-state index is -1.01. The van der Waals surface area contributed by atoms with E-state index in [0.717, 1.165) is 0 Å². The van der Waals surface area contributed by atoms with Crippen LogP contribution in [0.3, 0.4) is 0 Å². The van der Waals surface area contributed by atoms with Gasteiger partial charge >= 0.3 is 0 Å². The highest BCUT2D eigenvalue weighted by atomic mass is 16.6. The summed E-state index contributed by atoms with van der Waals surface area (Å²) in [5.41, 5.74) is 0. The third kappa shape index (κ3) is 2.00. The van der Waals surface area contributed by atoms with E-state index in [4.69, 9.17) is 14.6 Å². The molecular weight excluding hydrogens is 176 g/mol. The normalized spacial score (nSPS) is 42.2. The monoisotopic (exact) mass is 192 g/mol. The molecule has 1 aliphatic heterocycles. The van der Waals surface area contributed by atoms with Gasteiger partial charge in [0.05, 0.1) is 12.7 Å². The van der Waals surface area contributed by atoms with E-state index in [0.29, 0.717) is 0 Å². The Labute approximate surface area is 76.9 Å². The maximum Gasteiger partial charge on any atom is 0.115 e. The molecule has 0 aromatic heterocycles. The topological polar surface area (TPSA) is 79.2 Å². The van der Waals surface area contributed by atoms with Crippen LogP contribution in [0.15, 0.2) is 0 Å². The van der Waals surface area contributed by atoms with Gasteiger partial charge in [0.2, 0.25) is 0 Å². The van der Waals surface area contributed by atoms with E-state index in [1.165, 1.54) is 7.11 Å². The first-order valence-corrected chi connectivity index (χ1v) is 4.27. The molecule has 5 heteroatoms. The van der Waals surface area contributed by atoms with Gasteiger partial charge < -0.3 is 24.8 Å². The summed E-state index contributed by atoms with van der Waals surface area (Å²) in [4.78, 5) is 0. The number of methoxy groups -OCH3 is 1. The molecule has 5 nitrogen and oxygen atoms in total. The van der Waals surface area contributed by atoms with Crippen molar-refractivity contribution < 1.29 is 24.8 Å². The van der Waals surface area contributed by atoms with Crippen LogP contribution in [0.2, 0.25) is 0 Å². The summed E-state index contributed by atoms with van der Waals surface area (Å²) in [6.45, 7) is 1.30. The van der Waals surface area contributed by atoms with Gasteiger partial charge in [0.15, 0.2) is 0 Å². The standard InChI is InChI=1S/C8H16O5/c1-4-6(11)8(12-2)7(13-4)5(10)3-9/h4-11H,3H2,1-2H3/t4?,5?,6?,7-,8?/m1/s1. The third-order valence-electron chi connectivity index (χ3n) is 2.35. The van der Waals surface area contributed by atoms with Crippen LogP contribution in [0, 0.1) is 0 Å². The number of hydrogen-bond donors (Lipinski definition) is 3. The Morgan fingerprint density at radius 2 is 2.15 bits per heavy atom. The second-order valence-electron chi connectivity index (χ2n) is 3.25. The maximum atomic E-state index is 9.53. The summed E-state index contributed by atoms with van der Waals surface area (Å²) in [7, 11) is 1.44. The minimum Gasteiger partial charge on any atom is -0.394 e. The zero-order valence-electron chi connectivity index (χ0n) is 7.75. The van der Waals surface area contributed by atoms with Crippen molar-refractivity contribution in [1.82, 2.24) is 0 Å². The number of ether oxygens (including phenoxy) is 2. The molecule has 3 N–H and O–H groups in total. The predicted molar refractivity (Wildman–Crippen MR) is 44.2 cm³/mol. The second kappa shape index (κ2) is 4.34. The van der Waals surface area contributed by atoms with E-state index in [1.54, 1.807) is 6.92 Å². The van der Waals surface area contributed by atoms with E-state index in [1.807, 2.05) is 0 Å². The Balaban J connectivity index is 2.64. The highest BCUT2D eigenvalue weighted by Gasteiger charge is 2.44. The largest absolute Gasteiger partial charge is 0.394 e. The Kier molecular flexibility index (Phi) is 3.63. The van der Waals surface area contributed by atoms with Gasteiger partial charge in [-0.1, -0.05) is 0 Å². The molecule has 0 amide bonds. The lowest BCUT2D eigenvalue weighted by molar-refractivity contribution is -0.0877. The van der Waals surface area contributed by atoms with Gasteiger partial charge in [0.1, 0.15) is 24.4 Å². The van der Waals surface area contributed by atoms with Gasteiger partial charge in [-0.3, -0.25) is 0 Å². The molecule has 0 radical (unpaired) electrons. The van der Waals surface area contributed by atoms with Gasteiger partial charge in [-0.05, 0) is 6.92 Å². The van der Waals surface area contributed by atoms with E-state index >= 15 is 0 Å². The van der Waals surface area contributed by atoms with Crippen LogP contribution in [-0.4, -0.2) is 59.6 Å². The fraction of sp³-hybridized carbons (Fsp3) is 1.00. The summed E-state index contributed by atoms with van der Waals surface area (Å²) in [6, 6.07) is 0. The average Bonchev–Trinajstić information content (AvgIpc) is 2.42. The first-order chi connectivity index (χ1) is 6.11. The number of aliphatic hydroxyl groups excluding tert-OH is 3. The highest BCUT2D eigenvalue weighted by molar-refractivity contribution is 4.92. The summed E-state index contributed by atoms with van der Waals surface area (Å²) in [6.07, 6.45) is -3.37. The summed E-state index contributed by atoms with van der Waals surface area (Å²) in [5, 5.41) is 27.6. The molecule has 0 bridgehead atoms. The number of aliphatic hydroxyl groups is 3. The minimum absolute atomic E-state index is 0.379. The molecule has 0 aromatic carbocycles. The molecule has 1 rings (SSSR count). The molecule has 0 aromatic rings. The van der Waals surface area contributed by atoms with Gasteiger partial charge in [-0.2, -0.15) is 0 Å². The summed E-state index contributed by atoms with van der Waals surface area (Å²) >= 11 is 0. The maximum absolute atomic E-state index is 9.53. The number of hydrogen-bond acceptors (Lipinski definition) is 5. The van der Waals surface area contributed by atoms with E-state index < -0.39 is 31.0 Å². The zero-order chi connectivity index (χ0) is 10.0. The van der Waals surface area contributed by atoms with Crippen LogP contribution in [0.1, 0.15) is 6.92 Å². The quantitative estimate of drug-likeness (QED) is 0.507. The predicted octanol–water partition coefficient (Wildman–Crippen LogP) is -1.50. The van der Waals surface area contributed by atoms with Gasteiger partial charge in [0.25, 0.3) is 0 Å². The van der Waals surface area contributed by atoms with Crippen LogP contribution in [0.4, 0.5) is 0 Å². The van der Waals surface area contributed by atoms with E-state index in [2.05, 4.69) is 0 Å². The Morgan fingerprint density at radius 3 is 2.62 bits per heavy atom. The van der Waals surface area contributed by atoms with Crippen molar-refractivity contribution >= 4 is 0 Å². The molecule has 1 heterocycles. The molecular formula is C8H16O5. The first kappa shape index (κ1) is 10.9. The molecule has 1 saturated heterocycles. The van der Waals surface area contributed by atoms with Crippen LogP contribution >= 0.6 is 0 Å². The lowest BCUT2D eigenvalue weighted by Crippen LogP contribution is -2.41. The molecule has 1 fully saturated rings. The van der Waals surface area contributed by atoms with Crippen molar-refractivity contribution in [3.05, 3.63) is 0 Å². The van der Waals surface area contributed by atoms with E-state index in [9.17, 15) is 10.2 Å². The molecule has 13 heavy (non-hydrogen) atoms. The van der Waals surface area contributed by atoms with E-state index in [-0.39, 0.29) is 6.10 Å². The SMILES string of the molecule is COC1C(O)C(C)O[C@@H]1C(O)CO. The van der Waals surface area contributed by atoms with Crippen LogP contribution in [0.5, 0.6) is 0 Å². The average molecular weight is 192 g/mol. The smallest absolute Gasteiger partial charge is 0.115 e. The fourth-order valence-electron chi connectivity index (χ4n) is 1.55. The summed E-state index contributed by atoms with van der Waals surface area (Å²) < 4.78 is 10.2. The molecule has 0 saturated carbocycles. The zero-order valence-corrected chi connectivity index (χ0v) is 7.75. The summed E-state index contributed by atoms with van der Waals surface area (Å²) in [5.74, 6) is 0. The lowest BCUT2D eigenvalue weighted by Gasteiger charge is -2.21. The first-order valence-electron chi connectivity index (χ1n) is 4.27. The molecule has 0 aliphatic carbocycles. The molecule has 5 atom stereocenters. The highest BCUT2D eigenvalue weighted by Crippen LogP contribution is 2.25. The molecule has 0 spiro atoms.